The molecular weight excluding hydrogens is 411 g/mol. The average Bonchev–Trinajstić information content (AvgIpc) is 2.72. The van der Waals surface area contributed by atoms with Gasteiger partial charge in [0.25, 0.3) is 5.91 Å². The van der Waals surface area contributed by atoms with Crippen molar-refractivity contribution in [3.8, 4) is 5.75 Å². The van der Waals surface area contributed by atoms with Gasteiger partial charge >= 0.3 is 0 Å². The highest BCUT2D eigenvalue weighted by Gasteiger charge is 2.17. The van der Waals surface area contributed by atoms with E-state index in [2.05, 4.69) is 10.0 Å². The molecule has 0 saturated heterocycles. The van der Waals surface area contributed by atoms with Gasteiger partial charge in [0.15, 0.2) is 0 Å². The third-order valence-electron chi connectivity index (χ3n) is 4.30. The van der Waals surface area contributed by atoms with Crippen LogP contribution in [0.3, 0.4) is 0 Å². The van der Waals surface area contributed by atoms with Crippen molar-refractivity contribution in [2.24, 2.45) is 0 Å². The predicted molar refractivity (Wildman–Crippen MR) is 112 cm³/mol. The number of nitrogens with one attached hydrogen (secondary N) is 2. The molecule has 0 atom stereocenters. The van der Waals surface area contributed by atoms with Crippen LogP contribution >= 0.6 is 0 Å². The summed E-state index contributed by atoms with van der Waals surface area (Å²) in [7, 11) is -2.23. The highest BCUT2D eigenvalue weighted by Crippen LogP contribution is 2.16. The molecule has 0 aromatic heterocycles. The standard InChI is InChI=1S/C21H27FN2O5S/c1-16-5-10-19(30(26,27)24-12-14-28-2)15-20(16)21(25)23-11-3-4-13-29-18-8-6-17(22)7-9-18/h5-10,15,24H,3-4,11-14H2,1-2H3,(H,23,25). The van der Waals surface area contributed by atoms with Crippen LogP contribution in [0.25, 0.3) is 0 Å². The van der Waals surface area contributed by atoms with E-state index in [9.17, 15) is 17.6 Å². The summed E-state index contributed by atoms with van der Waals surface area (Å²) in [6.45, 7) is 3.02. The van der Waals surface area contributed by atoms with Gasteiger partial charge in [-0.2, -0.15) is 0 Å². The Hall–Kier alpha value is -2.49. The number of ether oxygens (including phenoxy) is 2. The highest BCUT2D eigenvalue weighted by molar-refractivity contribution is 7.89. The molecule has 2 N–H and O–H groups in total. The maximum absolute atomic E-state index is 12.8. The summed E-state index contributed by atoms with van der Waals surface area (Å²) in [4.78, 5) is 12.5. The zero-order valence-electron chi connectivity index (χ0n) is 17.1. The molecule has 2 aromatic rings. The molecule has 0 radical (unpaired) electrons. The van der Waals surface area contributed by atoms with E-state index in [1.165, 1.54) is 31.4 Å². The van der Waals surface area contributed by atoms with Gasteiger partial charge in [-0.25, -0.2) is 17.5 Å². The first-order valence-electron chi connectivity index (χ1n) is 9.59. The van der Waals surface area contributed by atoms with Gasteiger partial charge < -0.3 is 14.8 Å². The van der Waals surface area contributed by atoms with Gasteiger partial charge in [0.05, 0.1) is 18.1 Å². The zero-order chi connectivity index (χ0) is 22.0. The van der Waals surface area contributed by atoms with Crippen LogP contribution in [0.1, 0.15) is 28.8 Å². The Morgan fingerprint density at radius 2 is 1.77 bits per heavy atom. The maximum atomic E-state index is 12.8. The minimum absolute atomic E-state index is 0.0297. The quantitative estimate of drug-likeness (QED) is 0.497. The molecule has 0 aliphatic carbocycles. The summed E-state index contributed by atoms with van der Waals surface area (Å²) in [6, 6.07) is 10.2. The Morgan fingerprint density at radius 1 is 1.03 bits per heavy atom. The monoisotopic (exact) mass is 438 g/mol. The number of hydrogen-bond donors (Lipinski definition) is 2. The molecule has 1 amide bonds. The SMILES string of the molecule is COCCNS(=O)(=O)c1ccc(C)c(C(=O)NCCCCOc2ccc(F)cc2)c1. The van der Waals surface area contributed by atoms with E-state index >= 15 is 0 Å². The van der Waals surface area contributed by atoms with Crippen molar-refractivity contribution in [3.63, 3.8) is 0 Å². The Morgan fingerprint density at radius 3 is 2.47 bits per heavy atom. The molecule has 0 heterocycles. The maximum Gasteiger partial charge on any atom is 0.251 e. The van der Waals surface area contributed by atoms with Crippen molar-refractivity contribution in [1.29, 1.82) is 0 Å². The number of benzene rings is 2. The molecule has 2 aromatic carbocycles. The summed E-state index contributed by atoms with van der Waals surface area (Å²) >= 11 is 0. The summed E-state index contributed by atoms with van der Waals surface area (Å²) in [5.74, 6) is -0.0583. The summed E-state index contributed by atoms with van der Waals surface area (Å²) in [5.41, 5.74) is 0.996. The van der Waals surface area contributed by atoms with Crippen LogP contribution in [-0.2, 0) is 14.8 Å². The van der Waals surface area contributed by atoms with Crippen LogP contribution < -0.4 is 14.8 Å². The zero-order valence-corrected chi connectivity index (χ0v) is 17.9. The first-order valence-corrected chi connectivity index (χ1v) is 11.1. The van der Waals surface area contributed by atoms with Gasteiger partial charge in [-0.15, -0.1) is 0 Å². The molecule has 164 valence electrons. The second kappa shape index (κ2) is 11.6. The van der Waals surface area contributed by atoms with Gasteiger partial charge in [-0.05, 0) is 61.7 Å². The van der Waals surface area contributed by atoms with Crippen molar-refractivity contribution in [3.05, 3.63) is 59.4 Å². The van der Waals surface area contributed by atoms with Crippen molar-refractivity contribution < 1.29 is 27.1 Å². The Bertz CT molecular complexity index is 933. The van der Waals surface area contributed by atoms with Gasteiger partial charge in [0.2, 0.25) is 10.0 Å². The number of unbranched alkanes of at least 4 members (excludes halogenated alkanes) is 1. The van der Waals surface area contributed by atoms with Crippen molar-refractivity contribution in [1.82, 2.24) is 10.0 Å². The lowest BCUT2D eigenvalue weighted by Gasteiger charge is -2.11. The fourth-order valence-electron chi connectivity index (χ4n) is 2.62. The lowest BCUT2D eigenvalue weighted by Crippen LogP contribution is -2.28. The van der Waals surface area contributed by atoms with Crippen LogP contribution in [0.5, 0.6) is 5.75 Å². The fourth-order valence-corrected chi connectivity index (χ4v) is 3.66. The van der Waals surface area contributed by atoms with Gasteiger partial charge in [-0.1, -0.05) is 6.07 Å². The number of amides is 1. The van der Waals surface area contributed by atoms with E-state index in [0.717, 1.165) is 0 Å². The first-order chi connectivity index (χ1) is 14.3. The van der Waals surface area contributed by atoms with Crippen molar-refractivity contribution in [2.75, 3.05) is 33.4 Å². The van der Waals surface area contributed by atoms with E-state index in [4.69, 9.17) is 9.47 Å². The molecule has 30 heavy (non-hydrogen) atoms. The highest BCUT2D eigenvalue weighted by atomic mass is 32.2. The molecule has 0 unspecified atom stereocenters. The minimum Gasteiger partial charge on any atom is -0.494 e. The number of halogens is 1. The number of rotatable bonds is 12. The van der Waals surface area contributed by atoms with Gasteiger partial charge in [-0.3, -0.25) is 4.79 Å². The van der Waals surface area contributed by atoms with Crippen LogP contribution in [0, 0.1) is 12.7 Å². The van der Waals surface area contributed by atoms with Crippen LogP contribution in [0.2, 0.25) is 0 Å². The van der Waals surface area contributed by atoms with E-state index in [0.29, 0.717) is 42.9 Å². The Kier molecular flexibility index (Phi) is 9.22. The Labute approximate surface area is 176 Å². The number of sulfonamides is 1. The number of carbonyl (C=O) groups excluding carboxylic acids is 1. The molecule has 0 aliphatic rings. The molecule has 0 spiro atoms. The smallest absolute Gasteiger partial charge is 0.251 e. The minimum atomic E-state index is -3.72. The first kappa shape index (κ1) is 23.8. The van der Waals surface area contributed by atoms with Crippen LogP contribution in [0.15, 0.2) is 47.4 Å². The van der Waals surface area contributed by atoms with Crippen molar-refractivity contribution in [2.45, 2.75) is 24.7 Å². The van der Waals surface area contributed by atoms with Crippen LogP contribution in [-0.4, -0.2) is 47.7 Å². The van der Waals surface area contributed by atoms with Gasteiger partial charge in [0.1, 0.15) is 11.6 Å². The molecule has 0 saturated carbocycles. The van der Waals surface area contributed by atoms with Crippen molar-refractivity contribution >= 4 is 15.9 Å². The second-order valence-corrected chi connectivity index (χ2v) is 8.40. The Balaban J connectivity index is 1.82. The summed E-state index contributed by atoms with van der Waals surface area (Å²) in [6.07, 6.45) is 1.39. The largest absolute Gasteiger partial charge is 0.494 e. The number of hydrogen-bond acceptors (Lipinski definition) is 5. The average molecular weight is 439 g/mol. The number of methoxy groups -OCH3 is 1. The molecular formula is C21H27FN2O5S. The molecule has 0 bridgehead atoms. The normalized spacial score (nSPS) is 11.3. The number of aryl methyl sites for hydroxylation is 1. The van der Waals surface area contributed by atoms with E-state index in [1.54, 1.807) is 25.1 Å². The molecule has 9 heteroatoms. The van der Waals surface area contributed by atoms with E-state index < -0.39 is 10.0 Å². The van der Waals surface area contributed by atoms with E-state index in [-0.39, 0.29) is 29.8 Å². The topological polar surface area (TPSA) is 93.7 Å². The van der Waals surface area contributed by atoms with E-state index in [1.807, 2.05) is 0 Å². The second-order valence-electron chi connectivity index (χ2n) is 6.63. The molecule has 7 nitrogen and oxygen atoms in total. The van der Waals surface area contributed by atoms with Gasteiger partial charge in [0, 0.05) is 25.8 Å². The van der Waals surface area contributed by atoms with Crippen LogP contribution in [0.4, 0.5) is 4.39 Å². The molecule has 0 aliphatic heterocycles. The predicted octanol–water partition coefficient (Wildman–Crippen LogP) is 2.65. The third-order valence-corrected chi connectivity index (χ3v) is 5.76. The third kappa shape index (κ3) is 7.40. The molecule has 2 rings (SSSR count). The fraction of sp³-hybridized carbons (Fsp3) is 0.381. The summed E-state index contributed by atoms with van der Waals surface area (Å²) in [5, 5.41) is 2.80. The lowest BCUT2D eigenvalue weighted by molar-refractivity contribution is 0.0951. The number of carbonyl (C=O) groups is 1. The summed E-state index contributed by atoms with van der Waals surface area (Å²) < 4.78 is 50.3. The lowest BCUT2D eigenvalue weighted by atomic mass is 10.1. The molecule has 0 fully saturated rings.